The van der Waals surface area contributed by atoms with Crippen molar-refractivity contribution in [3.8, 4) is 11.3 Å². The molecule has 0 bridgehead atoms. The van der Waals surface area contributed by atoms with Gasteiger partial charge in [0.15, 0.2) is 10.8 Å². The van der Waals surface area contributed by atoms with E-state index in [-0.39, 0.29) is 11.2 Å². The van der Waals surface area contributed by atoms with Gasteiger partial charge in [0.05, 0.1) is 36.5 Å². The Morgan fingerprint density at radius 1 is 1.12 bits per heavy atom. The van der Waals surface area contributed by atoms with Gasteiger partial charge >= 0.3 is 0 Å². The van der Waals surface area contributed by atoms with Gasteiger partial charge in [0.1, 0.15) is 0 Å². The maximum Gasteiger partial charge on any atom is 0.228 e. The second kappa shape index (κ2) is 8.97. The van der Waals surface area contributed by atoms with Gasteiger partial charge in [0.2, 0.25) is 5.95 Å². The molecule has 168 valence electrons. The molecule has 3 aromatic rings. The molecule has 2 aliphatic rings. The fourth-order valence-electron chi connectivity index (χ4n) is 4.32. The molecule has 9 nitrogen and oxygen atoms in total. The summed E-state index contributed by atoms with van der Waals surface area (Å²) in [7, 11) is 0. The minimum Gasteiger partial charge on any atom is -0.381 e. The number of hydrogen-bond donors (Lipinski definition) is 2. The molecular weight excluding hydrogens is 426 g/mol. The van der Waals surface area contributed by atoms with Crippen LogP contribution in [-0.4, -0.2) is 64.4 Å². The number of nitrogens with zero attached hydrogens (tertiary/aromatic N) is 5. The summed E-state index contributed by atoms with van der Waals surface area (Å²) in [5, 5.41) is 8.96. The Hall–Kier alpha value is -2.82. The van der Waals surface area contributed by atoms with Gasteiger partial charge in [-0.05, 0) is 49.7 Å². The van der Waals surface area contributed by atoms with E-state index < -0.39 is 0 Å². The Labute approximate surface area is 191 Å². The van der Waals surface area contributed by atoms with Crippen LogP contribution in [0.3, 0.4) is 0 Å². The number of benzene rings is 1. The predicted molar refractivity (Wildman–Crippen MR) is 128 cm³/mol. The van der Waals surface area contributed by atoms with Gasteiger partial charge in [-0.2, -0.15) is 10.1 Å². The highest BCUT2D eigenvalue weighted by atomic mass is 32.1. The van der Waals surface area contributed by atoms with Crippen LogP contribution in [0.5, 0.6) is 0 Å². The molecule has 0 saturated carbocycles. The van der Waals surface area contributed by atoms with Gasteiger partial charge in [-0.15, -0.1) is 0 Å². The van der Waals surface area contributed by atoms with Crippen molar-refractivity contribution in [1.82, 2.24) is 19.7 Å². The lowest BCUT2D eigenvalue weighted by Crippen LogP contribution is -2.37. The Morgan fingerprint density at radius 3 is 2.59 bits per heavy atom. The Bertz CT molecular complexity index is 1140. The normalized spacial score (nSPS) is 17.6. The van der Waals surface area contributed by atoms with Crippen molar-refractivity contribution in [1.29, 1.82) is 0 Å². The van der Waals surface area contributed by atoms with E-state index >= 15 is 0 Å². The molecule has 1 aromatic carbocycles. The zero-order valence-corrected chi connectivity index (χ0v) is 18.9. The van der Waals surface area contributed by atoms with Crippen LogP contribution in [0, 0.1) is 6.92 Å². The molecule has 0 aliphatic carbocycles. The molecule has 3 N–H and O–H groups in total. The number of hydrogen-bond acceptors (Lipinski definition) is 7. The van der Waals surface area contributed by atoms with E-state index in [1.807, 2.05) is 25.3 Å². The summed E-state index contributed by atoms with van der Waals surface area (Å²) >= 11 is 4.99. The third-order valence-corrected chi connectivity index (χ3v) is 6.13. The lowest BCUT2D eigenvalue weighted by atomic mass is 10.0. The third-order valence-electron chi connectivity index (χ3n) is 6.03. The first-order valence-corrected chi connectivity index (χ1v) is 11.3. The lowest BCUT2D eigenvalue weighted by molar-refractivity contribution is 0.0673. The van der Waals surface area contributed by atoms with Crippen molar-refractivity contribution in [3.63, 3.8) is 0 Å². The first-order chi connectivity index (χ1) is 15.6. The van der Waals surface area contributed by atoms with E-state index in [2.05, 4.69) is 21.0 Å². The van der Waals surface area contributed by atoms with Gasteiger partial charge in [0.25, 0.3) is 0 Å². The van der Waals surface area contributed by atoms with Crippen LogP contribution in [0.4, 0.5) is 11.6 Å². The van der Waals surface area contributed by atoms with Crippen LogP contribution in [0.1, 0.15) is 24.4 Å². The molecule has 0 atom stereocenters. The fourth-order valence-corrected chi connectivity index (χ4v) is 4.43. The quantitative estimate of drug-likeness (QED) is 0.577. The van der Waals surface area contributed by atoms with Crippen LogP contribution >= 0.6 is 12.2 Å². The molecule has 2 aromatic heterocycles. The lowest BCUT2D eigenvalue weighted by Gasteiger charge is -2.27. The average Bonchev–Trinajstić information content (AvgIpc) is 3.25. The number of morpholine rings is 1. The second-order valence-electron chi connectivity index (χ2n) is 8.16. The first kappa shape index (κ1) is 21.0. The summed E-state index contributed by atoms with van der Waals surface area (Å²) in [6.45, 7) is 6.41. The van der Waals surface area contributed by atoms with Crippen LogP contribution in [0.25, 0.3) is 22.3 Å². The summed E-state index contributed by atoms with van der Waals surface area (Å²) in [6, 6.07) is 6.39. The number of aryl methyl sites for hydroxylation is 1. The van der Waals surface area contributed by atoms with Gasteiger partial charge in [-0.3, -0.25) is 0 Å². The van der Waals surface area contributed by atoms with Crippen molar-refractivity contribution in [3.05, 3.63) is 30.0 Å². The van der Waals surface area contributed by atoms with Gasteiger partial charge in [-0.1, -0.05) is 6.07 Å². The van der Waals surface area contributed by atoms with E-state index in [0.29, 0.717) is 19.2 Å². The number of rotatable bonds is 4. The van der Waals surface area contributed by atoms with E-state index in [9.17, 15) is 0 Å². The Kier molecular flexibility index (Phi) is 5.90. The zero-order chi connectivity index (χ0) is 22.1. The topological polar surface area (TPSA) is 103 Å². The largest absolute Gasteiger partial charge is 0.381 e. The number of nitrogens with one attached hydrogen (secondary N) is 1. The molecular formula is C22H27N7O2S. The smallest absolute Gasteiger partial charge is 0.228 e. The van der Waals surface area contributed by atoms with Gasteiger partial charge in [-0.25, -0.2) is 9.67 Å². The van der Waals surface area contributed by atoms with Crippen LogP contribution < -0.4 is 16.0 Å². The molecule has 0 spiro atoms. The van der Waals surface area contributed by atoms with E-state index in [1.165, 1.54) is 0 Å². The monoisotopic (exact) mass is 453 g/mol. The number of nitrogens with two attached hydrogens (primary N) is 1. The maximum atomic E-state index is 5.66. The van der Waals surface area contributed by atoms with Crippen LogP contribution in [-0.2, 0) is 9.47 Å². The highest BCUT2D eigenvalue weighted by Crippen LogP contribution is 2.33. The highest BCUT2D eigenvalue weighted by Gasteiger charge is 2.24. The first-order valence-electron chi connectivity index (χ1n) is 10.9. The van der Waals surface area contributed by atoms with E-state index in [0.717, 1.165) is 72.7 Å². The van der Waals surface area contributed by atoms with Gasteiger partial charge < -0.3 is 25.4 Å². The number of fused-ring (bicyclic) bond motifs is 1. The fraction of sp³-hybridized carbons (Fsp3) is 0.455. The third kappa shape index (κ3) is 4.13. The minimum atomic E-state index is 0.248. The molecule has 2 aliphatic heterocycles. The summed E-state index contributed by atoms with van der Waals surface area (Å²) in [5.41, 5.74) is 10.3. The number of anilines is 2. The average molecular weight is 454 g/mol. The van der Waals surface area contributed by atoms with Crippen molar-refractivity contribution >= 4 is 40.0 Å². The Balaban J connectivity index is 1.62. The molecule has 32 heavy (non-hydrogen) atoms. The molecule has 2 saturated heterocycles. The van der Waals surface area contributed by atoms with Gasteiger partial charge in [0, 0.05) is 37.6 Å². The SMILES string of the molecule is Cc1cc(-c2nc(N3CCOCC3)nc3c2cnn3C2CCOCC2)ccc1NC(N)=S. The molecule has 0 amide bonds. The molecule has 4 heterocycles. The van der Waals surface area contributed by atoms with E-state index in [4.69, 9.17) is 42.5 Å². The highest BCUT2D eigenvalue weighted by molar-refractivity contribution is 7.80. The summed E-state index contributed by atoms with van der Waals surface area (Å²) < 4.78 is 13.1. The van der Waals surface area contributed by atoms with Crippen molar-refractivity contribution in [2.45, 2.75) is 25.8 Å². The van der Waals surface area contributed by atoms with Crippen LogP contribution in [0.2, 0.25) is 0 Å². The molecule has 2 fully saturated rings. The molecule has 10 heteroatoms. The minimum absolute atomic E-state index is 0.248. The number of aromatic nitrogens is 4. The summed E-state index contributed by atoms with van der Waals surface area (Å²) in [6.07, 6.45) is 3.75. The second-order valence-corrected chi connectivity index (χ2v) is 8.60. The summed E-state index contributed by atoms with van der Waals surface area (Å²) in [5.74, 6) is 0.715. The molecule has 0 unspecified atom stereocenters. The van der Waals surface area contributed by atoms with E-state index in [1.54, 1.807) is 0 Å². The Morgan fingerprint density at radius 2 is 1.88 bits per heavy atom. The zero-order valence-electron chi connectivity index (χ0n) is 18.1. The van der Waals surface area contributed by atoms with Crippen molar-refractivity contribution < 1.29 is 9.47 Å². The van der Waals surface area contributed by atoms with Crippen molar-refractivity contribution in [2.24, 2.45) is 5.73 Å². The molecule has 5 rings (SSSR count). The molecule has 0 radical (unpaired) electrons. The standard InChI is InChI=1S/C22H27N7O2S/c1-14-12-15(2-3-18(14)25-21(23)32)19-17-13-24-29(16-4-8-30-9-5-16)20(17)27-22(26-19)28-6-10-31-11-7-28/h2-3,12-13,16H,4-11H2,1H3,(H3,23,25,32). The predicted octanol–water partition coefficient (Wildman–Crippen LogP) is 2.65. The van der Waals surface area contributed by atoms with Crippen molar-refractivity contribution in [2.75, 3.05) is 49.7 Å². The summed E-state index contributed by atoms with van der Waals surface area (Å²) in [4.78, 5) is 12.2. The number of thiocarbonyl (C=S) groups is 1. The van der Waals surface area contributed by atoms with Crippen LogP contribution in [0.15, 0.2) is 24.4 Å². The number of ether oxygens (including phenoxy) is 2. The maximum absolute atomic E-state index is 5.66.